The van der Waals surface area contributed by atoms with Crippen molar-refractivity contribution in [1.82, 2.24) is 10.6 Å². The zero-order valence-electron chi connectivity index (χ0n) is 18.2. The van der Waals surface area contributed by atoms with E-state index in [4.69, 9.17) is 4.74 Å². The highest BCUT2D eigenvalue weighted by Crippen LogP contribution is 2.30. The molecule has 0 bridgehead atoms. The lowest BCUT2D eigenvalue weighted by Crippen LogP contribution is -2.38. The normalized spacial score (nSPS) is 15.4. The average molecular weight is 448 g/mol. The van der Waals surface area contributed by atoms with Crippen molar-refractivity contribution in [3.8, 4) is 5.75 Å². The first-order chi connectivity index (χ1) is 14.8. The summed E-state index contributed by atoms with van der Waals surface area (Å²) in [5, 5.41) is 6.46. The summed E-state index contributed by atoms with van der Waals surface area (Å²) in [5.74, 6) is 1.10. The predicted octanol–water partition coefficient (Wildman–Crippen LogP) is 3.83. The summed E-state index contributed by atoms with van der Waals surface area (Å²) in [6, 6.07) is 11.5. The minimum Gasteiger partial charge on any atom is -0.490 e. The molecule has 168 valence electrons. The Bertz CT molecular complexity index is 1020. The average Bonchev–Trinajstić information content (AvgIpc) is 3.55. The van der Waals surface area contributed by atoms with Gasteiger partial charge in [-0.05, 0) is 68.0 Å². The smallest absolute Gasteiger partial charge is 0.192 e. The Morgan fingerprint density at radius 3 is 2.52 bits per heavy atom. The fraction of sp³-hybridized carbons (Fsp3) is 0.435. The van der Waals surface area contributed by atoms with E-state index >= 15 is 0 Å². The van der Waals surface area contributed by atoms with Crippen LogP contribution in [-0.2, 0) is 16.4 Å². The van der Waals surface area contributed by atoms with Crippen LogP contribution < -0.4 is 15.4 Å². The summed E-state index contributed by atoms with van der Waals surface area (Å²) in [5.41, 5.74) is 1.68. The standard InChI is InChI=1S/C23H30FN3O3S/c1-4-25-23(26-14-17-7-10-20(11-8-17)31(3,28)29)27-16(2)19-9-12-22(21(24)13-19)30-15-18-5-6-18/h7-13,16,18H,4-6,14-15H2,1-3H3,(H2,25,26,27). The molecule has 31 heavy (non-hydrogen) atoms. The van der Waals surface area contributed by atoms with Gasteiger partial charge in [0.25, 0.3) is 0 Å². The fourth-order valence-corrected chi connectivity index (χ4v) is 3.65. The molecular weight excluding hydrogens is 417 g/mol. The number of ether oxygens (including phenoxy) is 1. The molecule has 1 aliphatic carbocycles. The zero-order valence-corrected chi connectivity index (χ0v) is 19.0. The minimum atomic E-state index is -3.22. The summed E-state index contributed by atoms with van der Waals surface area (Å²) < 4.78 is 43.1. The number of rotatable bonds is 9. The molecule has 1 unspecified atom stereocenters. The van der Waals surface area contributed by atoms with Gasteiger partial charge in [-0.1, -0.05) is 18.2 Å². The van der Waals surface area contributed by atoms with Crippen molar-refractivity contribution in [3.05, 3.63) is 59.4 Å². The maximum Gasteiger partial charge on any atom is 0.192 e. The molecule has 1 fully saturated rings. The molecule has 0 spiro atoms. The van der Waals surface area contributed by atoms with E-state index in [9.17, 15) is 12.8 Å². The first-order valence-corrected chi connectivity index (χ1v) is 12.4. The molecule has 2 aromatic carbocycles. The highest BCUT2D eigenvalue weighted by molar-refractivity contribution is 7.90. The SMILES string of the molecule is CCNC(=NCc1ccc(S(C)(=O)=O)cc1)NC(C)c1ccc(OCC2CC2)c(F)c1. The highest BCUT2D eigenvalue weighted by atomic mass is 32.2. The molecule has 0 amide bonds. The van der Waals surface area contributed by atoms with Gasteiger partial charge in [0.2, 0.25) is 0 Å². The van der Waals surface area contributed by atoms with Crippen LogP contribution in [0.1, 0.15) is 43.9 Å². The second-order valence-electron chi connectivity index (χ2n) is 7.92. The van der Waals surface area contributed by atoms with Crippen molar-refractivity contribution in [2.24, 2.45) is 10.9 Å². The maximum absolute atomic E-state index is 14.4. The summed E-state index contributed by atoms with van der Waals surface area (Å²) in [6.07, 6.45) is 3.51. The molecule has 0 saturated heterocycles. The van der Waals surface area contributed by atoms with Gasteiger partial charge in [-0.15, -0.1) is 0 Å². The highest BCUT2D eigenvalue weighted by Gasteiger charge is 2.22. The number of guanidine groups is 1. The second-order valence-corrected chi connectivity index (χ2v) is 9.94. The number of hydrogen-bond donors (Lipinski definition) is 2. The molecule has 0 aliphatic heterocycles. The lowest BCUT2D eigenvalue weighted by atomic mass is 10.1. The van der Waals surface area contributed by atoms with Crippen molar-refractivity contribution in [2.45, 2.75) is 44.2 Å². The van der Waals surface area contributed by atoms with Crippen molar-refractivity contribution >= 4 is 15.8 Å². The number of hydrogen-bond acceptors (Lipinski definition) is 4. The van der Waals surface area contributed by atoms with E-state index < -0.39 is 9.84 Å². The molecule has 3 rings (SSSR count). The van der Waals surface area contributed by atoms with E-state index in [1.807, 2.05) is 19.9 Å². The minimum absolute atomic E-state index is 0.169. The molecule has 6 nitrogen and oxygen atoms in total. The third-order valence-electron chi connectivity index (χ3n) is 5.10. The van der Waals surface area contributed by atoms with Crippen LogP contribution in [0, 0.1) is 11.7 Å². The van der Waals surface area contributed by atoms with Crippen molar-refractivity contribution in [2.75, 3.05) is 19.4 Å². The van der Waals surface area contributed by atoms with Gasteiger partial charge in [0.15, 0.2) is 27.4 Å². The lowest BCUT2D eigenvalue weighted by Gasteiger charge is -2.19. The molecule has 0 radical (unpaired) electrons. The Balaban J connectivity index is 1.63. The van der Waals surface area contributed by atoms with Crippen LogP contribution in [0.3, 0.4) is 0 Å². The summed E-state index contributed by atoms with van der Waals surface area (Å²) in [4.78, 5) is 4.85. The number of benzene rings is 2. The van der Waals surface area contributed by atoms with Gasteiger partial charge in [-0.3, -0.25) is 0 Å². The van der Waals surface area contributed by atoms with E-state index in [0.29, 0.717) is 37.3 Å². The van der Waals surface area contributed by atoms with Crippen LogP contribution in [0.25, 0.3) is 0 Å². The van der Waals surface area contributed by atoms with Crippen LogP contribution in [0.5, 0.6) is 5.75 Å². The number of sulfone groups is 1. The van der Waals surface area contributed by atoms with E-state index in [0.717, 1.165) is 24.0 Å². The number of nitrogens with zero attached hydrogens (tertiary/aromatic N) is 1. The number of nitrogens with one attached hydrogen (secondary N) is 2. The Morgan fingerprint density at radius 2 is 1.94 bits per heavy atom. The van der Waals surface area contributed by atoms with Crippen molar-refractivity contribution in [3.63, 3.8) is 0 Å². The van der Waals surface area contributed by atoms with E-state index in [2.05, 4.69) is 15.6 Å². The van der Waals surface area contributed by atoms with Gasteiger partial charge in [-0.25, -0.2) is 17.8 Å². The molecular formula is C23H30FN3O3S. The number of halogens is 1. The van der Waals surface area contributed by atoms with Crippen molar-refractivity contribution < 1.29 is 17.5 Å². The molecule has 1 atom stereocenters. The monoisotopic (exact) mass is 447 g/mol. The van der Waals surface area contributed by atoms with E-state index in [1.54, 1.807) is 30.3 Å². The Kier molecular flexibility index (Phi) is 7.54. The van der Waals surface area contributed by atoms with Crippen LogP contribution in [0.4, 0.5) is 4.39 Å². The predicted molar refractivity (Wildman–Crippen MR) is 121 cm³/mol. The quantitative estimate of drug-likeness (QED) is 0.451. The molecule has 0 aromatic heterocycles. The second kappa shape index (κ2) is 10.1. The molecule has 2 N–H and O–H groups in total. The number of aliphatic imine (C=N–C) groups is 1. The summed E-state index contributed by atoms with van der Waals surface area (Å²) in [7, 11) is -3.22. The van der Waals surface area contributed by atoms with Gasteiger partial charge in [0.1, 0.15) is 0 Å². The largest absolute Gasteiger partial charge is 0.490 e. The topological polar surface area (TPSA) is 79.8 Å². The van der Waals surface area contributed by atoms with Gasteiger partial charge in [0, 0.05) is 12.8 Å². The van der Waals surface area contributed by atoms with Crippen LogP contribution in [0.2, 0.25) is 0 Å². The van der Waals surface area contributed by atoms with Crippen LogP contribution in [0.15, 0.2) is 52.4 Å². The Morgan fingerprint density at radius 1 is 1.23 bits per heavy atom. The van der Waals surface area contributed by atoms with Crippen LogP contribution >= 0.6 is 0 Å². The van der Waals surface area contributed by atoms with Crippen molar-refractivity contribution in [1.29, 1.82) is 0 Å². The Hall–Kier alpha value is -2.61. The fourth-order valence-electron chi connectivity index (χ4n) is 3.02. The van der Waals surface area contributed by atoms with E-state index in [1.165, 1.54) is 12.3 Å². The van der Waals surface area contributed by atoms with E-state index in [-0.39, 0.29) is 16.8 Å². The van der Waals surface area contributed by atoms with Gasteiger partial charge in [-0.2, -0.15) is 0 Å². The molecule has 2 aromatic rings. The van der Waals surface area contributed by atoms with Gasteiger partial charge >= 0.3 is 0 Å². The van der Waals surface area contributed by atoms with Gasteiger partial charge < -0.3 is 15.4 Å². The lowest BCUT2D eigenvalue weighted by molar-refractivity contribution is 0.285. The molecule has 1 aliphatic rings. The first-order valence-electron chi connectivity index (χ1n) is 10.5. The zero-order chi connectivity index (χ0) is 22.4. The molecule has 1 saturated carbocycles. The maximum atomic E-state index is 14.4. The first kappa shape index (κ1) is 23.1. The van der Waals surface area contributed by atoms with Crippen LogP contribution in [-0.4, -0.2) is 33.8 Å². The third kappa shape index (κ3) is 6.95. The summed E-state index contributed by atoms with van der Waals surface area (Å²) >= 11 is 0. The Labute approximate surface area is 183 Å². The molecule has 0 heterocycles. The molecule has 8 heteroatoms. The summed E-state index contributed by atoms with van der Waals surface area (Å²) in [6.45, 7) is 5.54. The third-order valence-corrected chi connectivity index (χ3v) is 6.22. The van der Waals surface area contributed by atoms with Gasteiger partial charge in [0.05, 0.1) is 24.1 Å².